The summed E-state index contributed by atoms with van der Waals surface area (Å²) in [5.74, 6) is -0.382. The number of carboxylic acids is 1. The van der Waals surface area contributed by atoms with Gasteiger partial charge < -0.3 is 10.0 Å². The molecule has 1 aliphatic heterocycles. The van der Waals surface area contributed by atoms with E-state index in [-0.39, 0.29) is 18.5 Å². The third kappa shape index (κ3) is 3.24. The molecule has 0 aliphatic carbocycles. The van der Waals surface area contributed by atoms with Crippen molar-refractivity contribution in [1.29, 1.82) is 0 Å². The SMILES string of the molecule is CCn1ccc(NC(=O)N2CCCC2CC(=O)O)n1. The standard InChI is InChI=1S/C12H18N4O3/c1-2-15-7-5-10(14-15)13-12(19)16-6-3-4-9(16)8-11(17)18/h5,7,9H,2-4,6,8H2,1H3,(H,17,18)(H,13,14,19). The number of nitrogens with zero attached hydrogens (tertiary/aromatic N) is 3. The number of carboxylic acid groups (broad SMARTS) is 1. The number of aliphatic carboxylic acids is 1. The molecule has 2 amide bonds. The van der Waals surface area contributed by atoms with Crippen LogP contribution >= 0.6 is 0 Å². The van der Waals surface area contributed by atoms with Crippen molar-refractivity contribution in [3.8, 4) is 0 Å². The minimum Gasteiger partial charge on any atom is -0.481 e. The summed E-state index contributed by atoms with van der Waals surface area (Å²) < 4.78 is 1.72. The number of rotatable bonds is 4. The fraction of sp³-hybridized carbons (Fsp3) is 0.583. The first-order valence-corrected chi connectivity index (χ1v) is 6.43. The molecule has 0 saturated carbocycles. The summed E-state index contributed by atoms with van der Waals surface area (Å²) in [6, 6.07) is 1.24. The van der Waals surface area contributed by atoms with E-state index < -0.39 is 5.97 Å². The number of carbonyl (C=O) groups excluding carboxylic acids is 1. The van der Waals surface area contributed by atoms with Crippen molar-refractivity contribution >= 4 is 17.8 Å². The lowest BCUT2D eigenvalue weighted by molar-refractivity contribution is -0.137. The molecule has 2 rings (SSSR count). The molecule has 1 atom stereocenters. The molecule has 104 valence electrons. The second kappa shape index (κ2) is 5.73. The summed E-state index contributed by atoms with van der Waals surface area (Å²) in [6.07, 6.45) is 3.36. The summed E-state index contributed by atoms with van der Waals surface area (Å²) in [4.78, 5) is 24.4. The summed E-state index contributed by atoms with van der Waals surface area (Å²) in [7, 11) is 0. The van der Waals surface area contributed by atoms with Crippen molar-refractivity contribution in [1.82, 2.24) is 14.7 Å². The molecule has 2 heterocycles. The van der Waals surface area contributed by atoms with Crippen LogP contribution in [0.2, 0.25) is 0 Å². The van der Waals surface area contributed by atoms with Crippen LogP contribution in [0.4, 0.5) is 10.6 Å². The third-order valence-corrected chi connectivity index (χ3v) is 3.25. The summed E-state index contributed by atoms with van der Waals surface area (Å²) in [5.41, 5.74) is 0. The summed E-state index contributed by atoms with van der Waals surface area (Å²) in [6.45, 7) is 3.29. The first-order chi connectivity index (χ1) is 9.10. The topological polar surface area (TPSA) is 87.5 Å². The van der Waals surface area contributed by atoms with E-state index in [0.29, 0.717) is 12.4 Å². The second-order valence-electron chi connectivity index (χ2n) is 4.57. The second-order valence-corrected chi connectivity index (χ2v) is 4.57. The lowest BCUT2D eigenvalue weighted by atomic mass is 10.1. The Morgan fingerprint density at radius 3 is 3.00 bits per heavy atom. The van der Waals surface area contributed by atoms with Gasteiger partial charge in [-0.15, -0.1) is 0 Å². The summed E-state index contributed by atoms with van der Waals surface area (Å²) >= 11 is 0. The zero-order chi connectivity index (χ0) is 13.8. The van der Waals surface area contributed by atoms with Gasteiger partial charge in [0, 0.05) is 31.4 Å². The Labute approximate surface area is 111 Å². The van der Waals surface area contributed by atoms with E-state index in [4.69, 9.17) is 5.11 Å². The first-order valence-electron chi connectivity index (χ1n) is 6.43. The van der Waals surface area contributed by atoms with E-state index in [1.165, 1.54) is 0 Å². The van der Waals surface area contributed by atoms with E-state index in [9.17, 15) is 9.59 Å². The van der Waals surface area contributed by atoms with Crippen LogP contribution in [0.15, 0.2) is 12.3 Å². The van der Waals surface area contributed by atoms with Gasteiger partial charge in [-0.1, -0.05) is 0 Å². The zero-order valence-corrected chi connectivity index (χ0v) is 10.9. The highest BCUT2D eigenvalue weighted by Crippen LogP contribution is 2.21. The largest absolute Gasteiger partial charge is 0.481 e. The Morgan fingerprint density at radius 2 is 2.37 bits per heavy atom. The van der Waals surface area contributed by atoms with Crippen molar-refractivity contribution in [3.63, 3.8) is 0 Å². The number of amides is 2. The van der Waals surface area contributed by atoms with Gasteiger partial charge in [0.15, 0.2) is 5.82 Å². The predicted octanol–water partition coefficient (Wildman–Crippen LogP) is 1.37. The molecule has 7 heteroatoms. The van der Waals surface area contributed by atoms with Gasteiger partial charge in [-0.25, -0.2) is 4.79 Å². The zero-order valence-electron chi connectivity index (χ0n) is 10.9. The molecule has 1 fully saturated rings. The molecule has 1 unspecified atom stereocenters. The average Bonchev–Trinajstić information content (AvgIpc) is 2.97. The number of nitrogens with one attached hydrogen (secondary N) is 1. The number of likely N-dealkylation sites (tertiary alicyclic amines) is 1. The smallest absolute Gasteiger partial charge is 0.323 e. The molecule has 1 aromatic rings. The molecule has 0 aromatic carbocycles. The maximum atomic E-state index is 12.1. The van der Waals surface area contributed by atoms with Crippen molar-refractivity contribution in [3.05, 3.63) is 12.3 Å². The molecule has 1 saturated heterocycles. The molecule has 2 N–H and O–H groups in total. The lowest BCUT2D eigenvalue weighted by Gasteiger charge is -2.23. The molecule has 1 aromatic heterocycles. The van der Waals surface area contributed by atoms with Gasteiger partial charge in [0.25, 0.3) is 0 Å². The van der Waals surface area contributed by atoms with Crippen LogP contribution in [0.3, 0.4) is 0 Å². The van der Waals surface area contributed by atoms with E-state index in [1.807, 2.05) is 6.92 Å². The van der Waals surface area contributed by atoms with E-state index >= 15 is 0 Å². The molecule has 7 nitrogen and oxygen atoms in total. The monoisotopic (exact) mass is 266 g/mol. The van der Waals surface area contributed by atoms with E-state index in [1.54, 1.807) is 21.8 Å². The minimum absolute atomic E-state index is 0.00315. The van der Waals surface area contributed by atoms with Gasteiger partial charge >= 0.3 is 12.0 Å². The predicted molar refractivity (Wildman–Crippen MR) is 68.9 cm³/mol. The number of hydrogen-bond donors (Lipinski definition) is 2. The maximum Gasteiger partial charge on any atom is 0.323 e. The lowest BCUT2D eigenvalue weighted by Crippen LogP contribution is -2.39. The Bertz CT molecular complexity index is 471. The number of aromatic nitrogens is 2. The first kappa shape index (κ1) is 13.4. The fourth-order valence-electron chi connectivity index (χ4n) is 2.30. The quantitative estimate of drug-likeness (QED) is 0.861. The minimum atomic E-state index is -0.875. The van der Waals surface area contributed by atoms with Gasteiger partial charge in [0.2, 0.25) is 0 Å². The van der Waals surface area contributed by atoms with E-state index in [0.717, 1.165) is 19.4 Å². The van der Waals surface area contributed by atoms with Crippen LogP contribution in [0, 0.1) is 0 Å². The highest BCUT2D eigenvalue weighted by molar-refractivity contribution is 5.89. The van der Waals surface area contributed by atoms with Crippen molar-refractivity contribution in [2.45, 2.75) is 38.8 Å². The fourth-order valence-corrected chi connectivity index (χ4v) is 2.30. The molecular weight excluding hydrogens is 248 g/mol. The van der Waals surface area contributed by atoms with Crippen LogP contribution in [-0.4, -0.2) is 44.4 Å². The van der Waals surface area contributed by atoms with Gasteiger partial charge in [-0.05, 0) is 19.8 Å². The van der Waals surface area contributed by atoms with Crippen LogP contribution in [0.5, 0.6) is 0 Å². The van der Waals surface area contributed by atoms with Gasteiger partial charge in [0.05, 0.1) is 6.42 Å². The number of urea groups is 1. The Morgan fingerprint density at radius 1 is 1.58 bits per heavy atom. The molecule has 0 bridgehead atoms. The normalized spacial score (nSPS) is 18.6. The number of hydrogen-bond acceptors (Lipinski definition) is 3. The van der Waals surface area contributed by atoms with Gasteiger partial charge in [-0.3, -0.25) is 14.8 Å². The number of carbonyl (C=O) groups is 2. The maximum absolute atomic E-state index is 12.1. The van der Waals surface area contributed by atoms with Gasteiger partial charge in [-0.2, -0.15) is 5.10 Å². The van der Waals surface area contributed by atoms with Crippen molar-refractivity contribution in [2.75, 3.05) is 11.9 Å². The number of aryl methyl sites for hydroxylation is 1. The Kier molecular flexibility index (Phi) is 4.03. The highest BCUT2D eigenvalue weighted by Gasteiger charge is 2.30. The van der Waals surface area contributed by atoms with Crippen LogP contribution in [-0.2, 0) is 11.3 Å². The van der Waals surface area contributed by atoms with E-state index in [2.05, 4.69) is 10.4 Å². The van der Waals surface area contributed by atoms with Crippen LogP contribution in [0.1, 0.15) is 26.2 Å². The molecular formula is C12H18N4O3. The van der Waals surface area contributed by atoms with Crippen molar-refractivity contribution < 1.29 is 14.7 Å². The molecule has 1 aliphatic rings. The highest BCUT2D eigenvalue weighted by atomic mass is 16.4. The number of anilines is 1. The van der Waals surface area contributed by atoms with Crippen LogP contribution in [0.25, 0.3) is 0 Å². The average molecular weight is 266 g/mol. The third-order valence-electron chi connectivity index (χ3n) is 3.25. The summed E-state index contributed by atoms with van der Waals surface area (Å²) in [5, 5.41) is 15.7. The van der Waals surface area contributed by atoms with Crippen LogP contribution < -0.4 is 5.32 Å². The molecule has 0 radical (unpaired) electrons. The molecule has 19 heavy (non-hydrogen) atoms. The van der Waals surface area contributed by atoms with Crippen molar-refractivity contribution in [2.24, 2.45) is 0 Å². The Balaban J connectivity index is 1.96. The Hall–Kier alpha value is -2.05. The molecule has 0 spiro atoms. The van der Waals surface area contributed by atoms with Gasteiger partial charge in [0.1, 0.15) is 0 Å².